The Kier molecular flexibility index (Phi) is 6.12. The molecule has 1 aliphatic rings. The summed E-state index contributed by atoms with van der Waals surface area (Å²) < 4.78 is 37.6. The van der Waals surface area contributed by atoms with E-state index in [1.807, 2.05) is 0 Å². The number of halogens is 1. The summed E-state index contributed by atoms with van der Waals surface area (Å²) in [6, 6.07) is 4.43. The Balaban J connectivity index is 2.11. The van der Waals surface area contributed by atoms with Gasteiger partial charge in [-0.2, -0.15) is 0 Å². The van der Waals surface area contributed by atoms with E-state index in [1.165, 1.54) is 28.6 Å². The van der Waals surface area contributed by atoms with Crippen molar-refractivity contribution in [2.45, 2.75) is 25.3 Å². The molecular formula is C16H21FN2O5S. The third-order valence-corrected chi connectivity index (χ3v) is 5.46. The van der Waals surface area contributed by atoms with Crippen LogP contribution in [0.25, 0.3) is 0 Å². The number of nitrogens with zero attached hydrogens (tertiary/aromatic N) is 1. The third-order valence-electron chi connectivity index (χ3n) is 4.19. The zero-order valence-electron chi connectivity index (χ0n) is 13.8. The van der Waals surface area contributed by atoms with Gasteiger partial charge in [0.05, 0.1) is 24.6 Å². The second-order valence-corrected chi connectivity index (χ2v) is 8.15. The second kappa shape index (κ2) is 7.92. The van der Waals surface area contributed by atoms with Crippen molar-refractivity contribution in [2.24, 2.45) is 5.92 Å². The molecule has 1 aromatic carbocycles. The van der Waals surface area contributed by atoms with Crippen LogP contribution in [-0.2, 0) is 19.6 Å². The lowest BCUT2D eigenvalue weighted by atomic mass is 9.97. The number of hydrogen-bond donors (Lipinski definition) is 2. The number of carbonyl (C=O) groups excluding carboxylic acids is 1. The minimum Gasteiger partial charge on any atom is -0.481 e. The first-order chi connectivity index (χ1) is 11.7. The molecule has 25 heavy (non-hydrogen) atoms. The number of amides is 1. The van der Waals surface area contributed by atoms with E-state index < -0.39 is 39.7 Å². The minimum absolute atomic E-state index is 0.0773. The van der Waals surface area contributed by atoms with Crippen molar-refractivity contribution in [2.75, 3.05) is 19.3 Å². The first-order valence-electron chi connectivity index (χ1n) is 7.89. The van der Waals surface area contributed by atoms with Crippen molar-refractivity contribution in [3.8, 4) is 0 Å². The van der Waals surface area contributed by atoms with Crippen molar-refractivity contribution in [1.29, 1.82) is 0 Å². The summed E-state index contributed by atoms with van der Waals surface area (Å²) in [7, 11) is -3.38. The monoisotopic (exact) mass is 372 g/mol. The van der Waals surface area contributed by atoms with E-state index in [-0.39, 0.29) is 13.0 Å². The molecule has 0 unspecified atom stereocenters. The molecule has 9 heteroatoms. The molecular weight excluding hydrogens is 351 g/mol. The maximum Gasteiger partial charge on any atom is 0.305 e. The maximum atomic E-state index is 13.1. The van der Waals surface area contributed by atoms with E-state index in [9.17, 15) is 22.4 Å². The molecule has 138 valence electrons. The van der Waals surface area contributed by atoms with Gasteiger partial charge in [-0.3, -0.25) is 9.59 Å². The molecule has 1 amide bonds. The molecule has 0 saturated carbocycles. The molecule has 1 aromatic rings. The molecule has 1 saturated heterocycles. The van der Waals surface area contributed by atoms with E-state index >= 15 is 0 Å². The number of benzene rings is 1. The first kappa shape index (κ1) is 19.3. The lowest BCUT2D eigenvalue weighted by molar-refractivity contribution is -0.138. The summed E-state index contributed by atoms with van der Waals surface area (Å²) >= 11 is 0. The number of hydrogen-bond acceptors (Lipinski definition) is 4. The molecule has 2 N–H and O–H groups in total. The minimum atomic E-state index is -3.38. The lowest BCUT2D eigenvalue weighted by Crippen LogP contribution is -2.45. The van der Waals surface area contributed by atoms with Crippen molar-refractivity contribution >= 4 is 21.9 Å². The van der Waals surface area contributed by atoms with Crippen LogP contribution in [0.2, 0.25) is 0 Å². The third kappa shape index (κ3) is 5.50. The highest BCUT2D eigenvalue weighted by atomic mass is 32.2. The standard InChI is InChI=1S/C16H21FN2O5S/c1-25(23,24)19-8-2-3-12(10-19)16(22)18-14(9-15(20)21)11-4-6-13(17)7-5-11/h4-7,12,14H,2-3,8-10H2,1H3,(H,18,22)(H,20,21)/t12-,14-/m1/s1. The van der Waals surface area contributed by atoms with Gasteiger partial charge in [-0.25, -0.2) is 17.1 Å². The molecule has 0 aliphatic carbocycles. The Morgan fingerprint density at radius 3 is 2.56 bits per heavy atom. The van der Waals surface area contributed by atoms with Gasteiger partial charge in [0.15, 0.2) is 0 Å². The van der Waals surface area contributed by atoms with Gasteiger partial charge in [0.1, 0.15) is 5.82 Å². The summed E-state index contributed by atoms with van der Waals surface area (Å²) in [5.74, 6) is -2.50. The van der Waals surface area contributed by atoms with Crippen LogP contribution in [0.15, 0.2) is 24.3 Å². The summed E-state index contributed by atoms with van der Waals surface area (Å²) in [6.07, 6.45) is 1.84. The van der Waals surface area contributed by atoms with E-state index in [0.717, 1.165) is 6.26 Å². The SMILES string of the molecule is CS(=O)(=O)N1CCC[C@@H](C(=O)N[C@H](CC(=O)O)c2ccc(F)cc2)C1. The summed E-state index contributed by atoms with van der Waals surface area (Å²) in [6.45, 7) is 0.451. The van der Waals surface area contributed by atoms with Crippen LogP contribution in [0.4, 0.5) is 4.39 Å². The fourth-order valence-electron chi connectivity index (χ4n) is 2.87. The highest BCUT2D eigenvalue weighted by molar-refractivity contribution is 7.88. The number of carboxylic acids is 1. The molecule has 0 spiro atoms. The smallest absolute Gasteiger partial charge is 0.305 e. The Morgan fingerprint density at radius 2 is 2.00 bits per heavy atom. The summed E-state index contributed by atoms with van der Waals surface area (Å²) in [5.41, 5.74) is 0.480. The number of sulfonamides is 1. The van der Waals surface area contributed by atoms with Crippen LogP contribution in [0.1, 0.15) is 30.9 Å². The number of carboxylic acid groups (broad SMARTS) is 1. The van der Waals surface area contributed by atoms with E-state index in [4.69, 9.17) is 5.11 Å². The van der Waals surface area contributed by atoms with Gasteiger partial charge < -0.3 is 10.4 Å². The molecule has 0 aromatic heterocycles. The normalized spacial score (nSPS) is 20.0. The summed E-state index contributed by atoms with van der Waals surface area (Å²) in [5, 5.41) is 11.7. The fourth-order valence-corrected chi connectivity index (χ4v) is 3.78. The molecule has 1 fully saturated rings. The maximum absolute atomic E-state index is 13.1. The van der Waals surface area contributed by atoms with Crippen molar-refractivity contribution in [1.82, 2.24) is 9.62 Å². The predicted octanol–water partition coefficient (Wildman–Crippen LogP) is 1.13. The van der Waals surface area contributed by atoms with Crippen LogP contribution in [0.3, 0.4) is 0 Å². The van der Waals surface area contributed by atoms with Crippen LogP contribution in [0, 0.1) is 11.7 Å². The lowest BCUT2D eigenvalue weighted by Gasteiger charge is -2.31. The number of nitrogens with one attached hydrogen (secondary N) is 1. The van der Waals surface area contributed by atoms with Gasteiger partial charge in [0.2, 0.25) is 15.9 Å². The number of carbonyl (C=O) groups is 2. The molecule has 0 radical (unpaired) electrons. The summed E-state index contributed by atoms with van der Waals surface area (Å²) in [4.78, 5) is 23.6. The predicted molar refractivity (Wildman–Crippen MR) is 88.7 cm³/mol. The van der Waals surface area contributed by atoms with Crippen molar-refractivity contribution in [3.63, 3.8) is 0 Å². The zero-order valence-corrected chi connectivity index (χ0v) is 14.6. The average Bonchev–Trinajstić information content (AvgIpc) is 2.54. The largest absolute Gasteiger partial charge is 0.481 e. The second-order valence-electron chi connectivity index (χ2n) is 6.17. The topological polar surface area (TPSA) is 104 Å². The van der Waals surface area contributed by atoms with E-state index in [0.29, 0.717) is 24.9 Å². The fraction of sp³-hybridized carbons (Fsp3) is 0.500. The van der Waals surface area contributed by atoms with Crippen LogP contribution in [0.5, 0.6) is 0 Å². The molecule has 2 rings (SSSR count). The average molecular weight is 372 g/mol. The van der Waals surface area contributed by atoms with Gasteiger partial charge in [-0.05, 0) is 30.5 Å². The molecule has 7 nitrogen and oxygen atoms in total. The van der Waals surface area contributed by atoms with Gasteiger partial charge in [-0.1, -0.05) is 12.1 Å². The van der Waals surface area contributed by atoms with E-state index in [2.05, 4.69) is 5.32 Å². The van der Waals surface area contributed by atoms with Crippen LogP contribution >= 0.6 is 0 Å². The Hall–Kier alpha value is -2.00. The van der Waals surface area contributed by atoms with Crippen LogP contribution < -0.4 is 5.32 Å². The van der Waals surface area contributed by atoms with E-state index in [1.54, 1.807) is 0 Å². The van der Waals surface area contributed by atoms with Crippen molar-refractivity contribution < 1.29 is 27.5 Å². The molecule has 0 bridgehead atoms. The number of aliphatic carboxylic acids is 1. The quantitative estimate of drug-likeness (QED) is 0.779. The molecule has 2 atom stereocenters. The Bertz CT molecular complexity index is 735. The Morgan fingerprint density at radius 1 is 1.36 bits per heavy atom. The van der Waals surface area contributed by atoms with Gasteiger partial charge >= 0.3 is 5.97 Å². The van der Waals surface area contributed by atoms with Gasteiger partial charge in [0, 0.05) is 13.1 Å². The van der Waals surface area contributed by atoms with Crippen molar-refractivity contribution in [3.05, 3.63) is 35.6 Å². The number of piperidine rings is 1. The van der Waals surface area contributed by atoms with Crippen LogP contribution in [-0.4, -0.2) is 49.1 Å². The van der Waals surface area contributed by atoms with Gasteiger partial charge in [0.25, 0.3) is 0 Å². The highest BCUT2D eigenvalue weighted by Gasteiger charge is 2.31. The number of rotatable bonds is 6. The van der Waals surface area contributed by atoms with Gasteiger partial charge in [-0.15, -0.1) is 0 Å². The Labute approximate surface area is 145 Å². The highest BCUT2D eigenvalue weighted by Crippen LogP contribution is 2.22. The zero-order chi connectivity index (χ0) is 18.6. The molecule has 1 heterocycles. The molecule has 1 aliphatic heterocycles. The first-order valence-corrected chi connectivity index (χ1v) is 9.74.